The van der Waals surface area contributed by atoms with Crippen LogP contribution in [-0.4, -0.2) is 47.7 Å². The molecule has 0 bridgehead atoms. The smallest absolute Gasteiger partial charge is 0.309 e. The number of nitrogens with zero attached hydrogens (tertiary/aromatic N) is 1. The zero-order chi connectivity index (χ0) is 18.9. The van der Waals surface area contributed by atoms with E-state index in [0.29, 0.717) is 35.8 Å². The van der Waals surface area contributed by atoms with Gasteiger partial charge in [-0.25, -0.2) is 0 Å². The normalized spacial score (nSPS) is 52.1. The molecule has 0 unspecified atom stereocenters. The summed E-state index contributed by atoms with van der Waals surface area (Å²) in [6.45, 7) is 7.44. The fourth-order valence-electron chi connectivity index (χ4n) is 7.48. The van der Waals surface area contributed by atoms with Crippen LogP contribution in [0.15, 0.2) is 0 Å². The van der Waals surface area contributed by atoms with Crippen LogP contribution < -0.4 is 0 Å². The molecule has 5 heteroatoms. The highest BCUT2D eigenvalue weighted by Crippen LogP contribution is 2.57. The van der Waals surface area contributed by atoms with Crippen LogP contribution in [0.1, 0.15) is 59.3 Å². The van der Waals surface area contributed by atoms with Crippen molar-refractivity contribution in [3.05, 3.63) is 0 Å². The van der Waals surface area contributed by atoms with Gasteiger partial charge in [-0.05, 0) is 50.5 Å². The molecule has 0 aromatic heterocycles. The van der Waals surface area contributed by atoms with E-state index in [-0.39, 0.29) is 36.0 Å². The molecule has 1 aliphatic carbocycles. The molecule has 1 saturated carbocycles. The van der Waals surface area contributed by atoms with Crippen LogP contribution in [0, 0.1) is 35.5 Å². The van der Waals surface area contributed by atoms with Crippen molar-refractivity contribution in [3.63, 3.8) is 0 Å². The molecule has 0 aromatic rings. The van der Waals surface area contributed by atoms with E-state index in [0.717, 1.165) is 25.8 Å². The first-order chi connectivity index (χ1) is 13.0. The van der Waals surface area contributed by atoms with Crippen molar-refractivity contribution >= 4 is 11.9 Å². The zero-order valence-electron chi connectivity index (χ0n) is 16.8. The summed E-state index contributed by atoms with van der Waals surface area (Å²) < 4.78 is 11.8. The maximum atomic E-state index is 12.5. The number of hydrogen-bond acceptors (Lipinski definition) is 5. The van der Waals surface area contributed by atoms with Crippen LogP contribution in [-0.2, 0) is 19.1 Å². The first-order valence-electron chi connectivity index (χ1n) is 11.2. The maximum absolute atomic E-state index is 12.5. The number of fused-ring (bicyclic) bond motifs is 2. The Morgan fingerprint density at radius 3 is 2.56 bits per heavy atom. The van der Waals surface area contributed by atoms with Gasteiger partial charge >= 0.3 is 11.9 Å². The van der Waals surface area contributed by atoms with E-state index in [2.05, 4.69) is 18.7 Å². The van der Waals surface area contributed by atoms with Gasteiger partial charge in [0.1, 0.15) is 12.2 Å². The van der Waals surface area contributed by atoms with Gasteiger partial charge < -0.3 is 9.47 Å². The third kappa shape index (κ3) is 2.53. The molecule has 5 aliphatic rings. The topological polar surface area (TPSA) is 55.8 Å². The van der Waals surface area contributed by atoms with Crippen molar-refractivity contribution < 1.29 is 19.1 Å². The summed E-state index contributed by atoms with van der Waals surface area (Å²) in [6.07, 6.45) is 6.87. The van der Waals surface area contributed by atoms with Crippen LogP contribution >= 0.6 is 0 Å². The number of esters is 2. The lowest BCUT2D eigenvalue weighted by molar-refractivity contribution is -0.148. The summed E-state index contributed by atoms with van der Waals surface area (Å²) in [6, 6.07) is 0.865. The van der Waals surface area contributed by atoms with E-state index in [1.54, 1.807) is 0 Å². The molecule has 150 valence electrons. The van der Waals surface area contributed by atoms with Crippen molar-refractivity contribution in [1.29, 1.82) is 0 Å². The Labute approximate surface area is 162 Å². The van der Waals surface area contributed by atoms with Gasteiger partial charge in [0.25, 0.3) is 0 Å². The molecule has 0 radical (unpaired) electrons. The Morgan fingerprint density at radius 2 is 1.85 bits per heavy atom. The third-order valence-electron chi connectivity index (χ3n) is 8.61. The van der Waals surface area contributed by atoms with Crippen molar-refractivity contribution in [3.8, 4) is 0 Å². The minimum absolute atomic E-state index is 0.00362. The second-order valence-corrected chi connectivity index (χ2v) is 9.81. The summed E-state index contributed by atoms with van der Waals surface area (Å²) >= 11 is 0. The molecular weight excluding hydrogens is 342 g/mol. The average molecular weight is 376 g/mol. The fourth-order valence-corrected chi connectivity index (χ4v) is 7.48. The number of carbonyl (C=O) groups excluding carboxylic acids is 2. The quantitative estimate of drug-likeness (QED) is 0.695. The molecular formula is C22H33NO4. The molecule has 27 heavy (non-hydrogen) atoms. The van der Waals surface area contributed by atoms with Crippen LogP contribution in [0.2, 0.25) is 0 Å². The van der Waals surface area contributed by atoms with E-state index >= 15 is 0 Å². The van der Waals surface area contributed by atoms with Gasteiger partial charge in [0.2, 0.25) is 0 Å². The maximum Gasteiger partial charge on any atom is 0.309 e. The Balaban J connectivity index is 1.51. The van der Waals surface area contributed by atoms with Gasteiger partial charge in [-0.3, -0.25) is 14.5 Å². The largest absolute Gasteiger partial charge is 0.462 e. The number of cyclic esters (lactones) is 1. The monoisotopic (exact) mass is 375 g/mol. The Bertz CT molecular complexity index is 636. The summed E-state index contributed by atoms with van der Waals surface area (Å²) in [5, 5.41) is 0. The second kappa shape index (κ2) is 6.47. The summed E-state index contributed by atoms with van der Waals surface area (Å²) in [7, 11) is 0. The van der Waals surface area contributed by atoms with Gasteiger partial charge in [-0.15, -0.1) is 0 Å². The predicted molar refractivity (Wildman–Crippen MR) is 99.7 cm³/mol. The summed E-state index contributed by atoms with van der Waals surface area (Å²) in [4.78, 5) is 27.3. The number of rotatable bonds is 2. The lowest BCUT2D eigenvalue weighted by atomic mass is 9.60. The van der Waals surface area contributed by atoms with E-state index in [1.807, 2.05) is 6.92 Å². The first kappa shape index (κ1) is 18.0. The molecule has 0 aromatic carbocycles. The van der Waals surface area contributed by atoms with Gasteiger partial charge in [0.15, 0.2) is 0 Å². The van der Waals surface area contributed by atoms with Crippen LogP contribution in [0.5, 0.6) is 0 Å². The number of carbonyl (C=O) groups is 2. The van der Waals surface area contributed by atoms with E-state index < -0.39 is 0 Å². The Kier molecular flexibility index (Phi) is 4.30. The fraction of sp³-hybridized carbons (Fsp3) is 0.909. The molecule has 0 amide bonds. The molecule has 10 atom stereocenters. The van der Waals surface area contributed by atoms with Gasteiger partial charge in [0.05, 0.1) is 11.8 Å². The Hall–Kier alpha value is -1.10. The molecule has 4 saturated heterocycles. The molecule has 5 nitrogen and oxygen atoms in total. The Morgan fingerprint density at radius 1 is 1.04 bits per heavy atom. The SMILES string of the molecule is CC[C@@H]1[C@H]2CCCCN3[C@H]2[C@@H](C[C@H]3[C@@H]2C[C@H](C)C(=O)O2)[C@H]2[C@H]1OC(=O)[C@H]2C. The highest BCUT2D eigenvalue weighted by molar-refractivity contribution is 5.75. The average Bonchev–Trinajstić information content (AvgIpc) is 3.20. The van der Waals surface area contributed by atoms with Crippen LogP contribution in [0.4, 0.5) is 0 Å². The third-order valence-corrected chi connectivity index (χ3v) is 8.61. The zero-order valence-corrected chi connectivity index (χ0v) is 16.8. The standard InChI is InChI=1S/C22H33NO4/c1-4-13-14-7-5-6-8-23-16(17-9-11(2)21(24)26-17)10-15(19(14)23)18-12(3)22(25)27-20(13)18/h11-20H,4-10H2,1-3H3/t11-,12-,13+,14+,15-,16-,17-,18-,19+,20-/m0/s1. The molecule has 5 rings (SSSR count). The van der Waals surface area contributed by atoms with Crippen molar-refractivity contribution in [2.75, 3.05) is 6.54 Å². The van der Waals surface area contributed by atoms with Gasteiger partial charge in [0, 0.05) is 23.9 Å². The second-order valence-electron chi connectivity index (χ2n) is 9.81. The van der Waals surface area contributed by atoms with Crippen molar-refractivity contribution in [2.45, 2.75) is 83.6 Å². The molecule has 0 N–H and O–H groups in total. The number of ether oxygens (including phenoxy) is 2. The van der Waals surface area contributed by atoms with Gasteiger partial charge in [-0.2, -0.15) is 0 Å². The minimum Gasteiger partial charge on any atom is -0.462 e. The molecule has 4 aliphatic heterocycles. The van der Waals surface area contributed by atoms with Gasteiger partial charge in [-0.1, -0.05) is 27.2 Å². The van der Waals surface area contributed by atoms with Crippen LogP contribution in [0.3, 0.4) is 0 Å². The minimum atomic E-state index is -0.0294. The summed E-state index contributed by atoms with van der Waals surface area (Å²) in [5.41, 5.74) is 0. The highest BCUT2D eigenvalue weighted by atomic mass is 16.6. The lowest BCUT2D eigenvalue weighted by Crippen LogP contribution is -2.54. The first-order valence-corrected chi connectivity index (χ1v) is 11.2. The van der Waals surface area contributed by atoms with E-state index in [1.165, 1.54) is 19.3 Å². The van der Waals surface area contributed by atoms with Crippen molar-refractivity contribution in [1.82, 2.24) is 4.90 Å². The molecule has 5 fully saturated rings. The summed E-state index contributed by atoms with van der Waals surface area (Å²) in [5.74, 6) is 1.94. The highest BCUT2D eigenvalue weighted by Gasteiger charge is 2.63. The number of hydrogen-bond donors (Lipinski definition) is 0. The van der Waals surface area contributed by atoms with Crippen LogP contribution in [0.25, 0.3) is 0 Å². The van der Waals surface area contributed by atoms with E-state index in [4.69, 9.17) is 9.47 Å². The molecule has 4 heterocycles. The van der Waals surface area contributed by atoms with E-state index in [9.17, 15) is 9.59 Å². The predicted octanol–water partition coefficient (Wildman–Crippen LogP) is 3.01. The molecule has 0 spiro atoms. The van der Waals surface area contributed by atoms with Crippen molar-refractivity contribution in [2.24, 2.45) is 35.5 Å². The lowest BCUT2D eigenvalue weighted by Gasteiger charge is -2.48.